The molecule has 10 heteroatoms. The van der Waals surface area contributed by atoms with Crippen LogP contribution in [0.1, 0.15) is 0 Å². The summed E-state index contributed by atoms with van der Waals surface area (Å²) in [7, 11) is -2.50. The fourth-order valence-corrected chi connectivity index (χ4v) is 2.78. The third-order valence-corrected chi connectivity index (χ3v) is 4.42. The average Bonchev–Trinajstić information content (AvgIpc) is 2.61. The van der Waals surface area contributed by atoms with E-state index in [1.165, 1.54) is 24.3 Å². The van der Waals surface area contributed by atoms with Crippen LogP contribution in [0.25, 0.3) is 0 Å². The molecule has 140 valence electrons. The molecule has 2 aromatic carbocycles. The summed E-state index contributed by atoms with van der Waals surface area (Å²) in [5.41, 5.74) is 7.73. The molecule has 0 fully saturated rings. The second-order valence-corrected chi connectivity index (χ2v) is 7.01. The lowest BCUT2D eigenvalue weighted by Gasteiger charge is -2.11. The summed E-state index contributed by atoms with van der Waals surface area (Å²) in [6, 6.07) is 14.5. The van der Waals surface area contributed by atoms with Gasteiger partial charge >= 0.3 is 0 Å². The van der Waals surface area contributed by atoms with E-state index in [1.807, 2.05) is 12.1 Å². The number of nitrogens with one attached hydrogen (secondary N) is 3. The number of hydrogen-bond acceptors (Lipinski definition) is 8. The minimum Gasteiger partial charge on any atom is -0.399 e. The molecule has 0 unspecified atom stereocenters. The first-order valence-electron chi connectivity index (χ1n) is 7.87. The van der Waals surface area contributed by atoms with E-state index in [2.05, 4.69) is 25.9 Å². The third-order valence-electron chi connectivity index (χ3n) is 3.55. The lowest BCUT2D eigenvalue weighted by atomic mass is 10.3. The Morgan fingerprint density at radius 2 is 1.63 bits per heavy atom. The van der Waals surface area contributed by atoms with Crippen LogP contribution in [0.4, 0.5) is 34.6 Å². The molecule has 6 N–H and O–H groups in total. The summed E-state index contributed by atoms with van der Waals surface area (Å²) in [4.78, 5) is 8.54. The van der Waals surface area contributed by atoms with Crippen LogP contribution in [0.5, 0.6) is 0 Å². The molecule has 27 heavy (non-hydrogen) atoms. The van der Waals surface area contributed by atoms with Crippen LogP contribution in [0.3, 0.4) is 0 Å². The summed E-state index contributed by atoms with van der Waals surface area (Å²) in [6.07, 6.45) is 0. The van der Waals surface area contributed by atoms with Crippen LogP contribution < -0.4 is 21.7 Å². The van der Waals surface area contributed by atoms with Crippen LogP contribution in [-0.2, 0) is 10.1 Å². The molecule has 0 amide bonds. The maximum absolute atomic E-state index is 11.1. The number of rotatable bonds is 6. The standard InChI is InChI=1S/C17H18N6O3S/c1-19-15-10-16(20-12-5-7-14(8-6-12)27(24,25)26)23-17(22-15)21-13-4-2-3-11(18)9-13/h2-10H,18H2,1H3,(H,24,25,26)(H3,19,20,21,22,23). The molecule has 3 rings (SSSR count). The summed E-state index contributed by atoms with van der Waals surface area (Å²) < 4.78 is 31.3. The van der Waals surface area contributed by atoms with E-state index in [0.29, 0.717) is 29.0 Å². The SMILES string of the molecule is CNc1cc(Nc2ccc(S(=O)(=O)O)cc2)nc(Nc2cccc(N)c2)n1. The maximum Gasteiger partial charge on any atom is 0.294 e. The van der Waals surface area contributed by atoms with Crippen LogP contribution in [0, 0.1) is 0 Å². The number of nitrogen functional groups attached to an aromatic ring is 1. The van der Waals surface area contributed by atoms with Crippen molar-refractivity contribution in [3.05, 3.63) is 54.6 Å². The van der Waals surface area contributed by atoms with Crippen molar-refractivity contribution < 1.29 is 13.0 Å². The first kappa shape index (κ1) is 18.4. The minimum atomic E-state index is -4.23. The van der Waals surface area contributed by atoms with Gasteiger partial charge in [0.25, 0.3) is 10.1 Å². The van der Waals surface area contributed by atoms with E-state index in [9.17, 15) is 8.42 Å². The van der Waals surface area contributed by atoms with Gasteiger partial charge in [-0.2, -0.15) is 18.4 Å². The van der Waals surface area contributed by atoms with Crippen molar-refractivity contribution in [2.75, 3.05) is 28.7 Å². The quantitative estimate of drug-likeness (QED) is 0.319. The molecule has 0 aliphatic heterocycles. The molecule has 0 aliphatic rings. The van der Waals surface area contributed by atoms with Crippen molar-refractivity contribution in [3.8, 4) is 0 Å². The van der Waals surface area contributed by atoms with Crippen LogP contribution in [-0.4, -0.2) is 30.0 Å². The highest BCUT2D eigenvalue weighted by Crippen LogP contribution is 2.23. The summed E-state index contributed by atoms with van der Waals surface area (Å²) in [5.74, 6) is 1.42. The van der Waals surface area contributed by atoms with Crippen molar-refractivity contribution in [2.24, 2.45) is 0 Å². The fraction of sp³-hybridized carbons (Fsp3) is 0.0588. The van der Waals surface area contributed by atoms with Gasteiger partial charge < -0.3 is 21.7 Å². The predicted octanol–water partition coefficient (Wildman–Crippen LogP) is 2.83. The number of hydrogen-bond donors (Lipinski definition) is 5. The van der Waals surface area contributed by atoms with Gasteiger partial charge in [0.15, 0.2) is 0 Å². The van der Waals surface area contributed by atoms with Crippen LogP contribution in [0.15, 0.2) is 59.5 Å². The number of anilines is 6. The Bertz CT molecular complexity index is 1050. The van der Waals surface area contributed by atoms with E-state index >= 15 is 0 Å². The number of nitrogens with two attached hydrogens (primary N) is 1. The van der Waals surface area contributed by atoms with E-state index in [-0.39, 0.29) is 4.90 Å². The van der Waals surface area contributed by atoms with Gasteiger partial charge in [0, 0.05) is 30.2 Å². The monoisotopic (exact) mass is 386 g/mol. The van der Waals surface area contributed by atoms with Crippen LogP contribution >= 0.6 is 0 Å². The molecule has 0 atom stereocenters. The molecule has 3 aromatic rings. The van der Waals surface area contributed by atoms with Crippen molar-refractivity contribution in [1.82, 2.24) is 9.97 Å². The topological polar surface area (TPSA) is 142 Å². The van der Waals surface area contributed by atoms with Crippen molar-refractivity contribution in [2.45, 2.75) is 4.90 Å². The zero-order valence-electron chi connectivity index (χ0n) is 14.3. The highest BCUT2D eigenvalue weighted by Gasteiger charge is 2.09. The number of aromatic nitrogens is 2. The van der Waals surface area contributed by atoms with Gasteiger partial charge in [-0.05, 0) is 42.5 Å². The van der Waals surface area contributed by atoms with Crippen molar-refractivity contribution >= 4 is 44.8 Å². The molecule has 0 spiro atoms. The fourth-order valence-electron chi connectivity index (χ4n) is 2.30. The van der Waals surface area contributed by atoms with Gasteiger partial charge in [-0.1, -0.05) is 6.07 Å². The third kappa shape index (κ3) is 4.84. The molecule has 9 nitrogen and oxygen atoms in total. The van der Waals surface area contributed by atoms with E-state index in [1.54, 1.807) is 25.2 Å². The summed E-state index contributed by atoms with van der Waals surface area (Å²) in [6.45, 7) is 0. The zero-order chi connectivity index (χ0) is 19.4. The van der Waals surface area contributed by atoms with Crippen molar-refractivity contribution in [3.63, 3.8) is 0 Å². The summed E-state index contributed by atoms with van der Waals surface area (Å²) in [5, 5.41) is 9.09. The Labute approximate surface area is 156 Å². The molecular formula is C17H18N6O3S. The molecule has 0 saturated carbocycles. The van der Waals surface area contributed by atoms with Gasteiger partial charge in [-0.25, -0.2) is 0 Å². The highest BCUT2D eigenvalue weighted by molar-refractivity contribution is 7.85. The van der Waals surface area contributed by atoms with Crippen LogP contribution in [0.2, 0.25) is 0 Å². The highest BCUT2D eigenvalue weighted by atomic mass is 32.2. The molecule has 0 saturated heterocycles. The van der Waals surface area contributed by atoms with Gasteiger partial charge in [-0.15, -0.1) is 0 Å². The lowest BCUT2D eigenvalue weighted by molar-refractivity contribution is 0.483. The smallest absolute Gasteiger partial charge is 0.294 e. The van der Waals surface area contributed by atoms with Gasteiger partial charge in [0.2, 0.25) is 5.95 Å². The Balaban J connectivity index is 1.85. The molecule has 0 radical (unpaired) electrons. The Morgan fingerprint density at radius 3 is 2.26 bits per heavy atom. The Morgan fingerprint density at radius 1 is 0.926 bits per heavy atom. The van der Waals surface area contributed by atoms with Gasteiger partial charge in [0.05, 0.1) is 4.90 Å². The lowest BCUT2D eigenvalue weighted by Crippen LogP contribution is -2.04. The minimum absolute atomic E-state index is 0.185. The van der Waals surface area contributed by atoms with E-state index < -0.39 is 10.1 Å². The molecule has 1 heterocycles. The Hall–Kier alpha value is -3.37. The maximum atomic E-state index is 11.1. The zero-order valence-corrected chi connectivity index (χ0v) is 15.2. The second-order valence-electron chi connectivity index (χ2n) is 5.59. The van der Waals surface area contributed by atoms with Crippen molar-refractivity contribution in [1.29, 1.82) is 0 Å². The normalized spacial score (nSPS) is 11.0. The first-order chi connectivity index (χ1) is 12.8. The Kier molecular flexibility index (Phi) is 5.10. The summed E-state index contributed by atoms with van der Waals surface area (Å²) >= 11 is 0. The molecular weight excluding hydrogens is 368 g/mol. The molecule has 0 aliphatic carbocycles. The van der Waals surface area contributed by atoms with Gasteiger partial charge in [0.1, 0.15) is 11.6 Å². The van der Waals surface area contributed by atoms with Gasteiger partial charge in [-0.3, -0.25) is 4.55 Å². The molecule has 1 aromatic heterocycles. The average molecular weight is 386 g/mol. The number of nitrogens with zero attached hydrogens (tertiary/aromatic N) is 2. The largest absolute Gasteiger partial charge is 0.399 e. The molecule has 0 bridgehead atoms. The first-order valence-corrected chi connectivity index (χ1v) is 9.31. The van der Waals surface area contributed by atoms with E-state index in [0.717, 1.165) is 5.69 Å². The number of benzene rings is 2. The predicted molar refractivity (Wildman–Crippen MR) is 105 cm³/mol. The second kappa shape index (κ2) is 7.48. The van der Waals surface area contributed by atoms with E-state index in [4.69, 9.17) is 10.3 Å².